The minimum atomic E-state index is -0.763. The molecule has 0 spiro atoms. The molecule has 9 heteroatoms. The summed E-state index contributed by atoms with van der Waals surface area (Å²) in [6.45, 7) is 1.84. The van der Waals surface area contributed by atoms with E-state index in [-0.39, 0.29) is 30.6 Å². The molecule has 0 bridgehead atoms. The Morgan fingerprint density at radius 1 is 1.07 bits per heavy atom. The van der Waals surface area contributed by atoms with Crippen LogP contribution in [0.3, 0.4) is 0 Å². The molecule has 164 valence electrons. The van der Waals surface area contributed by atoms with Gasteiger partial charge in [0, 0.05) is 6.42 Å². The molecule has 1 fully saturated rings. The maximum Gasteiger partial charge on any atom is 0.351 e. The van der Waals surface area contributed by atoms with Gasteiger partial charge in [-0.1, -0.05) is 6.07 Å². The fraction of sp³-hybridized carbons (Fsp3) is 0.571. The molecule has 0 amide bonds. The van der Waals surface area contributed by atoms with Crippen LogP contribution < -0.4 is 16.7 Å². The van der Waals surface area contributed by atoms with Crippen LogP contribution in [-0.2, 0) is 17.6 Å². The summed E-state index contributed by atoms with van der Waals surface area (Å²) in [5, 5.41) is 15.0. The van der Waals surface area contributed by atoms with Gasteiger partial charge in [0.2, 0.25) is 0 Å². The number of H-pyrrole nitrogens is 1. The minimum absolute atomic E-state index is 0. The number of fused-ring (bicyclic) bond motifs is 1. The number of carboxylic acid groups (broad SMARTS) is 1. The Labute approximate surface area is 180 Å². The molecule has 8 nitrogen and oxygen atoms in total. The number of nitrogens with one attached hydrogen (secondary N) is 2. The standard InChI is InChI=1S/C21H28N4O4.ClH/c26-19(27)8-3-14-1-5-17(6-2-14)25-21(29)24(20(28)23-25)18-7-4-15-9-11-22-12-10-16(15)13-18;/h4,7,13-14,17,22H,1-3,5-6,8-12H2,(H,23,28)(H,26,27);1H/t14-,17-;. The molecule has 2 heterocycles. The Hall–Kier alpha value is -2.32. The lowest BCUT2D eigenvalue weighted by Crippen LogP contribution is -2.31. The summed E-state index contributed by atoms with van der Waals surface area (Å²) in [7, 11) is 0. The van der Waals surface area contributed by atoms with E-state index in [4.69, 9.17) is 5.11 Å². The average molecular weight is 437 g/mol. The van der Waals surface area contributed by atoms with E-state index in [0.29, 0.717) is 18.0 Å². The van der Waals surface area contributed by atoms with E-state index in [1.54, 1.807) is 0 Å². The minimum Gasteiger partial charge on any atom is -0.481 e. The van der Waals surface area contributed by atoms with Gasteiger partial charge in [-0.25, -0.2) is 23.9 Å². The second-order valence-electron chi connectivity index (χ2n) is 8.21. The first-order valence-corrected chi connectivity index (χ1v) is 10.5. The molecular weight excluding hydrogens is 408 g/mol. The van der Waals surface area contributed by atoms with E-state index in [2.05, 4.69) is 10.4 Å². The molecule has 3 N–H and O–H groups in total. The average Bonchev–Trinajstić information content (AvgIpc) is 2.87. The van der Waals surface area contributed by atoms with Crippen LogP contribution in [0.25, 0.3) is 5.69 Å². The van der Waals surface area contributed by atoms with Gasteiger partial charge in [-0.05, 0) is 87.2 Å². The SMILES string of the molecule is Cl.O=C(O)CC[C@H]1CC[C@H](n2[nH]c(=O)n(-c3ccc4c(c3)CCNCC4)c2=O)CC1. The van der Waals surface area contributed by atoms with E-state index in [9.17, 15) is 14.4 Å². The molecule has 1 aliphatic heterocycles. The lowest BCUT2D eigenvalue weighted by Gasteiger charge is -2.28. The monoisotopic (exact) mass is 436 g/mol. The van der Waals surface area contributed by atoms with E-state index in [1.165, 1.54) is 20.4 Å². The van der Waals surface area contributed by atoms with Gasteiger partial charge in [-0.15, -0.1) is 12.4 Å². The first kappa shape index (κ1) is 22.4. The fourth-order valence-corrected chi connectivity index (χ4v) is 4.69. The molecule has 0 saturated heterocycles. The Balaban J connectivity index is 0.00000256. The number of aliphatic carboxylic acids is 1. The number of hydrogen-bond acceptors (Lipinski definition) is 4. The smallest absolute Gasteiger partial charge is 0.351 e. The van der Waals surface area contributed by atoms with Crippen molar-refractivity contribution in [1.82, 2.24) is 19.7 Å². The number of aromatic nitrogens is 3. The van der Waals surface area contributed by atoms with E-state index in [1.807, 2.05) is 18.2 Å². The zero-order valence-corrected chi connectivity index (χ0v) is 17.7. The zero-order chi connectivity index (χ0) is 20.4. The van der Waals surface area contributed by atoms with Crippen molar-refractivity contribution in [2.75, 3.05) is 13.1 Å². The van der Waals surface area contributed by atoms with Gasteiger partial charge in [0.25, 0.3) is 0 Å². The van der Waals surface area contributed by atoms with Crippen molar-refractivity contribution in [3.8, 4) is 5.69 Å². The molecule has 0 radical (unpaired) electrons. The third-order valence-electron chi connectivity index (χ3n) is 6.35. The van der Waals surface area contributed by atoms with Crippen LogP contribution in [0.15, 0.2) is 27.8 Å². The Kier molecular flexibility index (Phi) is 7.20. The van der Waals surface area contributed by atoms with Gasteiger partial charge in [0.05, 0.1) is 11.7 Å². The van der Waals surface area contributed by atoms with Crippen molar-refractivity contribution >= 4 is 18.4 Å². The lowest BCUT2D eigenvalue weighted by atomic mass is 9.83. The number of hydrogen-bond donors (Lipinski definition) is 3. The van der Waals surface area contributed by atoms with Gasteiger partial charge in [-0.3, -0.25) is 4.79 Å². The Morgan fingerprint density at radius 3 is 2.47 bits per heavy atom. The molecule has 0 unspecified atom stereocenters. The van der Waals surface area contributed by atoms with Crippen molar-refractivity contribution < 1.29 is 9.90 Å². The first-order valence-electron chi connectivity index (χ1n) is 10.5. The number of rotatable bonds is 5. The third-order valence-corrected chi connectivity index (χ3v) is 6.35. The molecule has 2 aromatic rings. The summed E-state index contributed by atoms with van der Waals surface area (Å²) in [4.78, 5) is 36.4. The maximum absolute atomic E-state index is 13.0. The number of carboxylic acids is 1. The molecule has 30 heavy (non-hydrogen) atoms. The highest BCUT2D eigenvalue weighted by Crippen LogP contribution is 2.33. The van der Waals surface area contributed by atoms with Crippen molar-refractivity contribution in [3.63, 3.8) is 0 Å². The molecule has 1 saturated carbocycles. The van der Waals surface area contributed by atoms with Crippen LogP contribution in [0.1, 0.15) is 55.7 Å². The van der Waals surface area contributed by atoms with Gasteiger partial charge in [0.15, 0.2) is 0 Å². The molecule has 1 aromatic heterocycles. The van der Waals surface area contributed by atoms with E-state index >= 15 is 0 Å². The largest absolute Gasteiger partial charge is 0.481 e. The van der Waals surface area contributed by atoms with Crippen molar-refractivity contribution in [3.05, 3.63) is 50.3 Å². The summed E-state index contributed by atoms with van der Waals surface area (Å²) < 4.78 is 2.71. The fourth-order valence-electron chi connectivity index (χ4n) is 4.69. The molecule has 4 rings (SSSR count). The first-order chi connectivity index (χ1) is 14.0. The molecule has 1 aliphatic carbocycles. The quantitative estimate of drug-likeness (QED) is 0.664. The van der Waals surface area contributed by atoms with Gasteiger partial charge in [-0.2, -0.15) is 0 Å². The predicted molar refractivity (Wildman–Crippen MR) is 116 cm³/mol. The highest BCUT2D eigenvalue weighted by Gasteiger charge is 2.26. The lowest BCUT2D eigenvalue weighted by molar-refractivity contribution is -0.137. The summed E-state index contributed by atoms with van der Waals surface area (Å²) in [6, 6.07) is 5.80. The Bertz CT molecular complexity index is 1000. The van der Waals surface area contributed by atoms with E-state index in [0.717, 1.165) is 51.6 Å². The van der Waals surface area contributed by atoms with Crippen molar-refractivity contribution in [1.29, 1.82) is 0 Å². The second-order valence-corrected chi connectivity index (χ2v) is 8.21. The Morgan fingerprint density at radius 2 is 1.77 bits per heavy atom. The summed E-state index contributed by atoms with van der Waals surface area (Å²) in [6.07, 6.45) is 6.02. The van der Waals surface area contributed by atoms with Gasteiger partial charge in [0.1, 0.15) is 0 Å². The highest BCUT2D eigenvalue weighted by atomic mass is 35.5. The summed E-state index contributed by atoms with van der Waals surface area (Å²) in [5.41, 5.74) is 2.34. The van der Waals surface area contributed by atoms with Crippen molar-refractivity contribution in [2.45, 2.75) is 57.4 Å². The molecule has 0 atom stereocenters. The number of nitrogens with zero attached hydrogens (tertiary/aromatic N) is 2. The number of halogens is 1. The maximum atomic E-state index is 13.0. The van der Waals surface area contributed by atoms with Crippen LogP contribution in [0, 0.1) is 5.92 Å². The molecule has 1 aromatic carbocycles. The normalized spacial score (nSPS) is 21.3. The second kappa shape index (κ2) is 9.66. The van der Waals surface area contributed by atoms with Crippen LogP contribution in [0.4, 0.5) is 0 Å². The summed E-state index contributed by atoms with van der Waals surface area (Å²) >= 11 is 0. The number of benzene rings is 1. The number of aromatic amines is 1. The van der Waals surface area contributed by atoms with Crippen molar-refractivity contribution in [2.24, 2.45) is 5.92 Å². The van der Waals surface area contributed by atoms with Crippen LogP contribution >= 0.6 is 12.4 Å². The topological polar surface area (TPSA) is 109 Å². The zero-order valence-electron chi connectivity index (χ0n) is 16.9. The molecule has 2 aliphatic rings. The van der Waals surface area contributed by atoms with Crippen LogP contribution in [0.5, 0.6) is 0 Å². The highest BCUT2D eigenvalue weighted by molar-refractivity contribution is 5.85. The third kappa shape index (κ3) is 4.70. The van der Waals surface area contributed by atoms with Crippen LogP contribution in [0.2, 0.25) is 0 Å². The van der Waals surface area contributed by atoms with Gasteiger partial charge < -0.3 is 10.4 Å². The van der Waals surface area contributed by atoms with E-state index < -0.39 is 11.7 Å². The van der Waals surface area contributed by atoms with Crippen LogP contribution in [-0.4, -0.2) is 38.5 Å². The predicted octanol–water partition coefficient (Wildman–Crippen LogP) is 2.03. The number of carbonyl (C=O) groups is 1. The van der Waals surface area contributed by atoms with Gasteiger partial charge >= 0.3 is 17.3 Å². The molecular formula is C21H29ClN4O4. The summed E-state index contributed by atoms with van der Waals surface area (Å²) in [5.74, 6) is -0.383.